The Morgan fingerprint density at radius 3 is 2.41 bits per heavy atom. The number of rotatable bonds is 8. The molecule has 1 aliphatic rings. The zero-order valence-electron chi connectivity index (χ0n) is 20.3. The van der Waals surface area contributed by atoms with E-state index in [1.807, 2.05) is 0 Å². The molecule has 1 unspecified atom stereocenters. The Balaban J connectivity index is 1.32. The summed E-state index contributed by atoms with van der Waals surface area (Å²) in [4.78, 5) is 21.3. The van der Waals surface area contributed by atoms with Crippen LogP contribution >= 0.6 is 34.8 Å². The number of thiol groups is 1. The summed E-state index contributed by atoms with van der Waals surface area (Å²) in [6.07, 6.45) is 2.77. The molecule has 13 heteroatoms. The molecule has 0 saturated heterocycles. The van der Waals surface area contributed by atoms with Gasteiger partial charge in [-0.25, -0.2) is 12.8 Å². The summed E-state index contributed by atoms with van der Waals surface area (Å²) in [6, 6.07) is 10.3. The highest BCUT2D eigenvalue weighted by Gasteiger charge is 2.52. The van der Waals surface area contributed by atoms with Crippen molar-refractivity contribution in [2.24, 2.45) is 0 Å². The lowest BCUT2D eigenvalue weighted by molar-refractivity contribution is -0.115. The number of aromatic nitrogens is 3. The lowest BCUT2D eigenvalue weighted by Crippen LogP contribution is -2.16. The van der Waals surface area contributed by atoms with E-state index in [0.717, 1.165) is 0 Å². The Morgan fingerprint density at radius 2 is 1.82 bits per heavy atom. The van der Waals surface area contributed by atoms with Crippen molar-refractivity contribution >= 4 is 57.1 Å². The number of hydrogen-bond acceptors (Lipinski definition) is 7. The van der Waals surface area contributed by atoms with Crippen LogP contribution in [-0.2, 0) is 27.3 Å². The molecular weight excluding hydrogens is 590 g/mol. The molecule has 0 aliphatic heterocycles. The topological polar surface area (TPSA) is 115 Å². The Labute approximate surface area is 239 Å². The van der Waals surface area contributed by atoms with Crippen molar-refractivity contribution in [3.8, 4) is 11.5 Å². The quantitative estimate of drug-likeness (QED) is 0.230. The minimum atomic E-state index is -2.61. The van der Waals surface area contributed by atoms with Gasteiger partial charge < -0.3 is 9.84 Å². The molecule has 0 bridgehead atoms. The van der Waals surface area contributed by atoms with Gasteiger partial charge in [-0.05, 0) is 61.7 Å². The van der Waals surface area contributed by atoms with E-state index in [-0.39, 0.29) is 23.2 Å². The number of anilines is 1. The van der Waals surface area contributed by atoms with Crippen LogP contribution in [0.1, 0.15) is 47.7 Å². The fourth-order valence-electron chi connectivity index (χ4n) is 4.28. The van der Waals surface area contributed by atoms with E-state index in [1.54, 1.807) is 31.2 Å². The monoisotopic (exact) mass is 608 g/mol. The predicted molar refractivity (Wildman–Crippen MR) is 146 cm³/mol. The minimum absolute atomic E-state index is 0.0311. The van der Waals surface area contributed by atoms with Crippen LogP contribution in [0, 0.1) is 5.82 Å². The lowest BCUT2D eigenvalue weighted by atomic mass is 9.94. The van der Waals surface area contributed by atoms with Gasteiger partial charge in [-0.15, -0.1) is 0 Å². The third-order valence-electron chi connectivity index (χ3n) is 6.56. The van der Waals surface area contributed by atoms with Gasteiger partial charge >= 0.3 is 0 Å². The Kier molecular flexibility index (Phi) is 7.65. The number of pyridine rings is 1. The number of nitrogens with one attached hydrogen (secondary N) is 1. The van der Waals surface area contributed by atoms with E-state index >= 15 is 0 Å². The summed E-state index contributed by atoms with van der Waals surface area (Å²) in [7, 11) is -2.61. The summed E-state index contributed by atoms with van der Waals surface area (Å²) < 4.78 is 41.2. The average Bonchev–Trinajstić information content (AvgIpc) is 3.50. The second kappa shape index (κ2) is 10.8. The largest absolute Gasteiger partial charge is 0.334 e. The van der Waals surface area contributed by atoms with Crippen molar-refractivity contribution in [1.29, 1.82) is 0 Å². The van der Waals surface area contributed by atoms with Crippen molar-refractivity contribution in [1.82, 2.24) is 15.1 Å². The minimum Gasteiger partial charge on any atom is -0.334 e. The van der Waals surface area contributed by atoms with Crippen molar-refractivity contribution in [3.05, 3.63) is 92.2 Å². The molecule has 39 heavy (non-hydrogen) atoms. The standard InChI is InChI=1S/C26H20Cl3FN4O4S/c1-13(39(36)37)14-2-4-16(31-12-14)11-22(35)32-17-9-20(28)23(21(29)10-17)26(6-7-26)25-33-24(38-34-25)18-5-3-15(30)8-19(18)27/h2-5,8-10,12-13,39H,6-7,11H2,1H3,(H,32,35). The second-order valence-corrected chi connectivity index (χ2v) is 11.8. The summed E-state index contributed by atoms with van der Waals surface area (Å²) in [5, 5.41) is 7.02. The van der Waals surface area contributed by atoms with Crippen LogP contribution in [0.2, 0.25) is 15.1 Å². The van der Waals surface area contributed by atoms with Gasteiger partial charge in [0.1, 0.15) is 16.5 Å². The zero-order valence-corrected chi connectivity index (χ0v) is 23.4. The Hall–Kier alpha value is -3.05. The van der Waals surface area contributed by atoms with Crippen molar-refractivity contribution in [2.75, 3.05) is 5.32 Å². The fourth-order valence-corrected chi connectivity index (χ4v) is 5.78. The predicted octanol–water partition coefficient (Wildman–Crippen LogP) is 6.16. The molecule has 1 saturated carbocycles. The molecule has 0 radical (unpaired) electrons. The van der Waals surface area contributed by atoms with E-state index in [0.29, 0.717) is 56.8 Å². The first-order valence-corrected chi connectivity index (χ1v) is 14.1. The number of halogens is 4. The summed E-state index contributed by atoms with van der Waals surface area (Å²) in [5.41, 5.74) is 1.78. The molecule has 2 aromatic carbocycles. The number of carbonyl (C=O) groups is 1. The smallest absolute Gasteiger partial charge is 0.259 e. The van der Waals surface area contributed by atoms with Gasteiger partial charge in [0.15, 0.2) is 5.82 Å². The maximum Gasteiger partial charge on any atom is 0.259 e. The second-order valence-electron chi connectivity index (χ2n) is 9.21. The Morgan fingerprint density at radius 1 is 1.10 bits per heavy atom. The van der Waals surface area contributed by atoms with Crippen LogP contribution in [0.4, 0.5) is 10.1 Å². The van der Waals surface area contributed by atoms with Crippen LogP contribution in [0.25, 0.3) is 11.5 Å². The molecule has 1 atom stereocenters. The summed E-state index contributed by atoms with van der Waals surface area (Å²) in [6.45, 7) is 1.57. The molecule has 5 rings (SSSR count). The highest BCUT2D eigenvalue weighted by atomic mass is 35.5. The molecule has 0 spiro atoms. The number of carbonyl (C=O) groups excluding carboxylic acids is 1. The van der Waals surface area contributed by atoms with Gasteiger partial charge in [-0.2, -0.15) is 4.98 Å². The average molecular weight is 610 g/mol. The summed E-state index contributed by atoms with van der Waals surface area (Å²) in [5.74, 6) is -0.302. The molecular formula is C26H20Cl3FN4O4S. The molecule has 1 N–H and O–H groups in total. The molecule has 202 valence electrons. The van der Waals surface area contributed by atoms with Crippen molar-refractivity contribution < 1.29 is 22.1 Å². The molecule has 2 aromatic heterocycles. The maximum absolute atomic E-state index is 13.4. The van der Waals surface area contributed by atoms with Crippen LogP contribution in [-0.4, -0.2) is 29.4 Å². The number of benzene rings is 2. The van der Waals surface area contributed by atoms with Crippen LogP contribution in [0.5, 0.6) is 0 Å². The number of nitrogens with zero attached hydrogens (tertiary/aromatic N) is 3. The van der Waals surface area contributed by atoms with E-state index in [4.69, 9.17) is 39.3 Å². The molecule has 8 nitrogen and oxygen atoms in total. The van der Waals surface area contributed by atoms with E-state index in [2.05, 4.69) is 20.4 Å². The van der Waals surface area contributed by atoms with Crippen molar-refractivity contribution in [3.63, 3.8) is 0 Å². The Bertz CT molecular complexity index is 1620. The van der Waals surface area contributed by atoms with Gasteiger partial charge in [0, 0.05) is 33.2 Å². The third kappa shape index (κ3) is 5.65. The van der Waals surface area contributed by atoms with Gasteiger partial charge in [-0.1, -0.05) is 46.0 Å². The van der Waals surface area contributed by atoms with E-state index in [9.17, 15) is 17.6 Å². The van der Waals surface area contributed by atoms with Gasteiger partial charge in [0.05, 0.1) is 27.7 Å². The molecule has 1 fully saturated rings. The highest BCUT2D eigenvalue weighted by molar-refractivity contribution is 7.72. The third-order valence-corrected chi connectivity index (χ3v) is 8.40. The SMILES string of the molecule is CC(c1ccc(CC(=O)Nc2cc(Cl)c(C3(c4noc(-c5ccc(F)cc5Cl)n4)CC3)c(Cl)c2)nc1)[SH](=O)=O. The fraction of sp³-hybridized carbons (Fsp3) is 0.231. The first-order chi connectivity index (χ1) is 18.6. The van der Waals surface area contributed by atoms with Gasteiger partial charge in [-0.3, -0.25) is 9.78 Å². The number of hydrogen-bond donors (Lipinski definition) is 2. The van der Waals surface area contributed by atoms with Crippen molar-refractivity contribution in [2.45, 2.75) is 36.9 Å². The first kappa shape index (κ1) is 27.5. The molecule has 1 aliphatic carbocycles. The van der Waals surface area contributed by atoms with Crippen LogP contribution in [0.15, 0.2) is 53.2 Å². The van der Waals surface area contributed by atoms with E-state index in [1.165, 1.54) is 24.4 Å². The molecule has 2 heterocycles. The van der Waals surface area contributed by atoms with Crippen LogP contribution in [0.3, 0.4) is 0 Å². The molecule has 1 amide bonds. The van der Waals surface area contributed by atoms with Gasteiger partial charge in [0.25, 0.3) is 5.89 Å². The number of amides is 1. The van der Waals surface area contributed by atoms with Gasteiger partial charge in [0.2, 0.25) is 5.91 Å². The first-order valence-electron chi connectivity index (χ1n) is 11.7. The van der Waals surface area contributed by atoms with E-state index < -0.39 is 27.2 Å². The van der Waals surface area contributed by atoms with Crippen LogP contribution < -0.4 is 5.32 Å². The maximum atomic E-state index is 13.4. The molecule has 4 aromatic rings. The highest BCUT2D eigenvalue weighted by Crippen LogP contribution is 2.57. The summed E-state index contributed by atoms with van der Waals surface area (Å²) >= 11 is 19.4. The normalized spacial score (nSPS) is 14.8. The lowest BCUT2D eigenvalue weighted by Gasteiger charge is -2.17. The zero-order chi connectivity index (χ0) is 27.9.